The molecule has 5 nitrogen and oxygen atoms in total. The van der Waals surface area contributed by atoms with E-state index in [-0.39, 0.29) is 6.54 Å². The van der Waals surface area contributed by atoms with Gasteiger partial charge in [0.15, 0.2) is 0 Å². The van der Waals surface area contributed by atoms with Crippen molar-refractivity contribution < 1.29 is 18.3 Å². The van der Waals surface area contributed by atoms with Crippen LogP contribution in [-0.2, 0) is 0 Å². The zero-order valence-corrected chi connectivity index (χ0v) is 15.0. The highest BCUT2D eigenvalue weighted by Crippen LogP contribution is 2.30. The maximum absolute atomic E-state index is 13.6. The quantitative estimate of drug-likeness (QED) is 0.649. The Hall–Kier alpha value is -3.22. The lowest BCUT2D eigenvalue weighted by Gasteiger charge is -2.14. The van der Waals surface area contributed by atoms with Crippen LogP contribution in [0.1, 0.15) is 15.9 Å². The van der Waals surface area contributed by atoms with Gasteiger partial charge in [0.2, 0.25) is 0 Å². The lowest BCUT2D eigenvalue weighted by molar-refractivity contribution is 0.0947. The van der Waals surface area contributed by atoms with Crippen molar-refractivity contribution >= 4 is 22.5 Å². The van der Waals surface area contributed by atoms with Gasteiger partial charge in [-0.05, 0) is 30.7 Å². The molecule has 1 aromatic heterocycles. The third kappa shape index (κ3) is 3.81. The molecule has 2 aromatic carbocycles. The van der Waals surface area contributed by atoms with Gasteiger partial charge in [-0.25, -0.2) is 8.78 Å². The highest BCUT2D eigenvalue weighted by Gasteiger charge is 2.16. The summed E-state index contributed by atoms with van der Waals surface area (Å²) in [5, 5.41) is 6.65. The van der Waals surface area contributed by atoms with Gasteiger partial charge in [-0.3, -0.25) is 9.78 Å². The molecule has 0 fully saturated rings. The number of carbonyl (C=O) groups excluding carboxylic acids is 1. The molecule has 3 rings (SSSR count). The van der Waals surface area contributed by atoms with E-state index in [0.717, 1.165) is 34.3 Å². The number of nitrogens with one attached hydrogen (secondary N) is 2. The molecule has 3 aromatic rings. The molecule has 27 heavy (non-hydrogen) atoms. The lowest BCUT2D eigenvalue weighted by atomic mass is 10.1. The van der Waals surface area contributed by atoms with Crippen molar-refractivity contribution in [3.05, 3.63) is 65.4 Å². The van der Waals surface area contributed by atoms with Crippen molar-refractivity contribution in [2.45, 2.75) is 6.92 Å². The van der Waals surface area contributed by atoms with Crippen LogP contribution in [0.5, 0.6) is 5.75 Å². The zero-order valence-electron chi connectivity index (χ0n) is 15.0. The lowest BCUT2D eigenvalue weighted by Crippen LogP contribution is -2.30. The van der Waals surface area contributed by atoms with E-state index in [1.165, 1.54) is 6.07 Å². The Labute approximate surface area is 155 Å². The van der Waals surface area contributed by atoms with Gasteiger partial charge < -0.3 is 15.4 Å². The van der Waals surface area contributed by atoms with E-state index >= 15 is 0 Å². The van der Waals surface area contributed by atoms with Gasteiger partial charge in [0.05, 0.1) is 7.11 Å². The summed E-state index contributed by atoms with van der Waals surface area (Å²) in [6.45, 7) is 2.49. The molecule has 0 spiro atoms. The summed E-state index contributed by atoms with van der Waals surface area (Å²) in [5.74, 6) is -1.89. The van der Waals surface area contributed by atoms with Crippen molar-refractivity contribution in [3.63, 3.8) is 0 Å². The number of ether oxygens (including phenoxy) is 1. The standard InChI is InChI=1S/C20H19F2N3O2/c1-12-11-25-19-13(5-3-8-16(19)27-2)18(12)23-9-10-24-20(26)17-14(21)6-4-7-15(17)22/h3-8,11H,9-10H2,1-2H3,(H,23,25)(H,24,26). The van der Waals surface area contributed by atoms with Crippen molar-refractivity contribution in [1.29, 1.82) is 0 Å². The number of aromatic nitrogens is 1. The van der Waals surface area contributed by atoms with E-state index in [4.69, 9.17) is 4.74 Å². The minimum Gasteiger partial charge on any atom is -0.494 e. The molecule has 0 bridgehead atoms. The van der Waals surface area contributed by atoms with Crippen LogP contribution >= 0.6 is 0 Å². The first-order valence-corrected chi connectivity index (χ1v) is 8.41. The molecular formula is C20H19F2N3O2. The fourth-order valence-electron chi connectivity index (χ4n) is 2.86. The summed E-state index contributed by atoms with van der Waals surface area (Å²) in [7, 11) is 1.58. The number of carbonyl (C=O) groups is 1. The maximum atomic E-state index is 13.6. The van der Waals surface area contributed by atoms with Crippen molar-refractivity contribution in [2.75, 3.05) is 25.5 Å². The monoisotopic (exact) mass is 371 g/mol. The van der Waals surface area contributed by atoms with Crippen molar-refractivity contribution in [3.8, 4) is 5.75 Å². The van der Waals surface area contributed by atoms with Crippen LogP contribution in [0.3, 0.4) is 0 Å². The van der Waals surface area contributed by atoms with E-state index in [1.54, 1.807) is 13.3 Å². The summed E-state index contributed by atoms with van der Waals surface area (Å²) in [6, 6.07) is 8.95. The summed E-state index contributed by atoms with van der Waals surface area (Å²) in [4.78, 5) is 16.4. The fraction of sp³-hybridized carbons (Fsp3) is 0.200. The molecule has 140 valence electrons. The van der Waals surface area contributed by atoms with E-state index in [2.05, 4.69) is 15.6 Å². The first-order valence-electron chi connectivity index (χ1n) is 8.41. The van der Waals surface area contributed by atoms with Gasteiger partial charge in [0, 0.05) is 30.4 Å². The highest BCUT2D eigenvalue weighted by molar-refractivity contribution is 5.96. The number of para-hydroxylation sites is 1. The average Bonchev–Trinajstić information content (AvgIpc) is 2.65. The number of fused-ring (bicyclic) bond motifs is 1. The topological polar surface area (TPSA) is 63.2 Å². The second kappa shape index (κ2) is 7.99. The number of hydrogen-bond acceptors (Lipinski definition) is 4. The van der Waals surface area contributed by atoms with E-state index in [9.17, 15) is 13.6 Å². The Kier molecular flexibility index (Phi) is 5.49. The minimum atomic E-state index is -0.886. The second-order valence-electron chi connectivity index (χ2n) is 5.95. The number of halogens is 2. The molecule has 2 N–H and O–H groups in total. The van der Waals surface area contributed by atoms with Crippen LogP contribution in [0.15, 0.2) is 42.6 Å². The number of amides is 1. The zero-order chi connectivity index (χ0) is 19.4. The second-order valence-corrected chi connectivity index (χ2v) is 5.95. The predicted octanol–water partition coefficient (Wildman–Crippen LogP) is 3.67. The number of aryl methyl sites for hydroxylation is 1. The van der Waals surface area contributed by atoms with Crippen LogP contribution in [0.4, 0.5) is 14.5 Å². The van der Waals surface area contributed by atoms with E-state index in [0.29, 0.717) is 12.3 Å². The molecule has 1 heterocycles. The number of rotatable bonds is 6. The average molecular weight is 371 g/mol. The van der Waals surface area contributed by atoms with Crippen LogP contribution in [0.25, 0.3) is 10.9 Å². The van der Waals surface area contributed by atoms with Gasteiger partial charge in [-0.15, -0.1) is 0 Å². The summed E-state index contributed by atoms with van der Waals surface area (Å²) in [6.07, 6.45) is 1.74. The first-order chi connectivity index (χ1) is 13.0. The van der Waals surface area contributed by atoms with Gasteiger partial charge in [0.1, 0.15) is 28.5 Å². The normalized spacial score (nSPS) is 10.7. The van der Waals surface area contributed by atoms with Crippen LogP contribution in [-0.4, -0.2) is 31.1 Å². The Morgan fingerprint density at radius 2 is 1.81 bits per heavy atom. The van der Waals surface area contributed by atoms with Crippen LogP contribution in [0, 0.1) is 18.6 Å². The molecule has 1 amide bonds. The van der Waals surface area contributed by atoms with Crippen LogP contribution in [0.2, 0.25) is 0 Å². The molecule has 7 heteroatoms. The number of methoxy groups -OCH3 is 1. The molecule has 0 aliphatic rings. The SMILES string of the molecule is COc1cccc2c(NCCNC(=O)c3c(F)cccc3F)c(C)cnc12. The van der Waals surface area contributed by atoms with Gasteiger partial charge in [-0.1, -0.05) is 18.2 Å². The van der Waals surface area contributed by atoms with Crippen LogP contribution < -0.4 is 15.4 Å². The van der Waals surface area contributed by atoms with Crippen molar-refractivity contribution in [1.82, 2.24) is 10.3 Å². The first kappa shape index (κ1) is 18.6. The highest BCUT2D eigenvalue weighted by atomic mass is 19.1. The molecule has 0 atom stereocenters. The van der Waals surface area contributed by atoms with Gasteiger partial charge in [-0.2, -0.15) is 0 Å². The summed E-state index contributed by atoms with van der Waals surface area (Å²) in [5.41, 5.74) is 1.95. The molecular weight excluding hydrogens is 352 g/mol. The Morgan fingerprint density at radius 3 is 2.52 bits per heavy atom. The molecule has 0 aliphatic heterocycles. The number of pyridine rings is 1. The Balaban J connectivity index is 1.69. The molecule has 0 radical (unpaired) electrons. The molecule has 0 saturated carbocycles. The molecule has 0 aliphatic carbocycles. The largest absolute Gasteiger partial charge is 0.494 e. The molecule has 0 unspecified atom stereocenters. The number of anilines is 1. The number of hydrogen-bond donors (Lipinski definition) is 2. The minimum absolute atomic E-state index is 0.194. The fourth-order valence-corrected chi connectivity index (χ4v) is 2.86. The number of benzene rings is 2. The smallest absolute Gasteiger partial charge is 0.257 e. The third-order valence-electron chi connectivity index (χ3n) is 4.17. The summed E-state index contributed by atoms with van der Waals surface area (Å²) < 4.78 is 32.6. The maximum Gasteiger partial charge on any atom is 0.257 e. The van der Waals surface area contributed by atoms with E-state index < -0.39 is 23.1 Å². The van der Waals surface area contributed by atoms with Crippen molar-refractivity contribution in [2.24, 2.45) is 0 Å². The Bertz CT molecular complexity index is 972. The Morgan fingerprint density at radius 1 is 1.11 bits per heavy atom. The van der Waals surface area contributed by atoms with Gasteiger partial charge >= 0.3 is 0 Å². The van der Waals surface area contributed by atoms with Gasteiger partial charge in [0.25, 0.3) is 5.91 Å². The van der Waals surface area contributed by atoms with E-state index in [1.807, 2.05) is 25.1 Å². The molecule has 0 saturated heterocycles. The number of nitrogens with zero attached hydrogens (tertiary/aromatic N) is 1. The summed E-state index contributed by atoms with van der Waals surface area (Å²) >= 11 is 0. The third-order valence-corrected chi connectivity index (χ3v) is 4.17. The predicted molar refractivity (Wildman–Crippen MR) is 100 cm³/mol.